The number of hydrogen-bond donors (Lipinski definition) is 2. The third-order valence-corrected chi connectivity index (χ3v) is 6.91. The van der Waals surface area contributed by atoms with Gasteiger partial charge in [-0.3, -0.25) is 9.48 Å². The number of aliphatic hydroxyl groups is 1. The highest BCUT2D eigenvalue weighted by Crippen LogP contribution is 2.35. The molecule has 0 spiro atoms. The van der Waals surface area contributed by atoms with E-state index in [1.807, 2.05) is 55.9 Å². The summed E-state index contributed by atoms with van der Waals surface area (Å²) in [7, 11) is 3.59. The van der Waals surface area contributed by atoms with Crippen LogP contribution in [-0.2, 0) is 17.4 Å². The maximum Gasteiger partial charge on any atom is 0.258 e. The molecular weight excluding hydrogens is 450 g/mol. The van der Waals surface area contributed by atoms with Crippen LogP contribution in [-0.4, -0.2) is 54.2 Å². The molecule has 1 aliphatic rings. The number of rotatable bonds is 6. The summed E-state index contributed by atoms with van der Waals surface area (Å²) in [5, 5.41) is 21.4. The van der Waals surface area contributed by atoms with Gasteiger partial charge in [0.05, 0.1) is 17.4 Å². The second-order valence-corrected chi connectivity index (χ2v) is 9.36. The number of aryl methyl sites for hydroxylation is 1. The van der Waals surface area contributed by atoms with Crippen LogP contribution in [0.4, 0.5) is 5.95 Å². The lowest BCUT2D eigenvalue weighted by molar-refractivity contribution is -0.143. The summed E-state index contributed by atoms with van der Waals surface area (Å²) in [6.07, 6.45) is 3.98. The number of hydrogen-bond acceptors (Lipinski definition) is 8. The van der Waals surface area contributed by atoms with Crippen molar-refractivity contribution in [1.29, 1.82) is 0 Å². The van der Waals surface area contributed by atoms with Crippen molar-refractivity contribution in [2.75, 3.05) is 18.9 Å². The maximum atomic E-state index is 12.5. The average molecular weight is 476 g/mol. The lowest BCUT2D eigenvalue weighted by Gasteiger charge is -2.21. The van der Waals surface area contributed by atoms with Crippen molar-refractivity contribution in [2.24, 2.45) is 7.05 Å². The van der Waals surface area contributed by atoms with Crippen LogP contribution in [0, 0.1) is 0 Å². The molecule has 0 unspecified atom stereocenters. The summed E-state index contributed by atoms with van der Waals surface area (Å²) in [6.45, 7) is 2.54. The molecule has 2 N–H and O–H groups in total. The Hall–Kier alpha value is -3.63. The lowest BCUT2D eigenvalue weighted by atomic mass is 9.90. The standard InChI is InChI=1S/C24H25N7O2S/c1-15(18-8-11-31(3)29-18)26-23-25-10-7-19(28-23)21-27-20(14-34-21)16-5-4-6-17(13-16)24(33)9-12-30(2)22(24)32/h4-8,10-11,13-15,33H,9,12H2,1-3H3,(H,25,26,28)/t15-,24+/m0/s1. The van der Waals surface area contributed by atoms with E-state index in [9.17, 15) is 9.90 Å². The number of aromatic nitrogens is 5. The second kappa shape index (κ2) is 8.62. The number of carbonyl (C=O) groups is 1. The molecule has 9 nitrogen and oxygen atoms in total. The van der Waals surface area contributed by atoms with Crippen LogP contribution in [0.5, 0.6) is 0 Å². The number of nitrogens with one attached hydrogen (secondary N) is 1. The van der Waals surface area contributed by atoms with Gasteiger partial charge in [-0.05, 0) is 30.7 Å². The number of thiazole rings is 1. The van der Waals surface area contributed by atoms with Crippen molar-refractivity contribution in [3.05, 3.63) is 65.4 Å². The van der Waals surface area contributed by atoms with E-state index in [4.69, 9.17) is 4.98 Å². The quantitative estimate of drug-likeness (QED) is 0.441. The highest BCUT2D eigenvalue weighted by molar-refractivity contribution is 7.13. The largest absolute Gasteiger partial charge is 0.375 e. The van der Waals surface area contributed by atoms with Gasteiger partial charge in [-0.15, -0.1) is 11.3 Å². The first-order valence-electron chi connectivity index (χ1n) is 11.0. The molecule has 174 valence electrons. The van der Waals surface area contributed by atoms with Gasteiger partial charge >= 0.3 is 0 Å². The Kier molecular flexibility index (Phi) is 5.62. The predicted molar refractivity (Wildman–Crippen MR) is 130 cm³/mol. The molecule has 1 saturated heterocycles. The fourth-order valence-electron chi connectivity index (χ4n) is 4.06. The van der Waals surface area contributed by atoms with Gasteiger partial charge in [-0.25, -0.2) is 15.0 Å². The number of carbonyl (C=O) groups excluding carboxylic acids is 1. The van der Waals surface area contributed by atoms with E-state index in [1.165, 1.54) is 11.3 Å². The van der Waals surface area contributed by atoms with Crippen LogP contribution in [0.25, 0.3) is 22.0 Å². The number of anilines is 1. The normalized spacial score (nSPS) is 18.9. The fraction of sp³-hybridized carbons (Fsp3) is 0.292. The first-order valence-corrected chi connectivity index (χ1v) is 11.9. The number of benzene rings is 1. The van der Waals surface area contributed by atoms with Crippen LogP contribution in [0.15, 0.2) is 54.2 Å². The third-order valence-electron chi connectivity index (χ3n) is 6.05. The van der Waals surface area contributed by atoms with E-state index in [1.54, 1.807) is 28.9 Å². The Bertz CT molecular complexity index is 1350. The Labute approximate surface area is 201 Å². The van der Waals surface area contributed by atoms with Gasteiger partial charge in [0.15, 0.2) is 5.60 Å². The Morgan fingerprint density at radius 1 is 1.18 bits per heavy atom. The molecule has 34 heavy (non-hydrogen) atoms. The SMILES string of the molecule is C[C@H](Nc1nccc(-c2nc(-c3cccc([C@]4(O)CCN(C)C4=O)c3)cs2)n1)c1ccn(C)n1. The molecule has 4 aromatic rings. The zero-order chi connectivity index (χ0) is 23.9. The smallest absolute Gasteiger partial charge is 0.258 e. The van der Waals surface area contributed by atoms with Gasteiger partial charge in [0.1, 0.15) is 10.7 Å². The van der Waals surface area contributed by atoms with E-state index in [-0.39, 0.29) is 11.9 Å². The van der Waals surface area contributed by atoms with Crippen molar-refractivity contribution in [3.63, 3.8) is 0 Å². The summed E-state index contributed by atoms with van der Waals surface area (Å²) in [5.74, 6) is 0.227. The van der Waals surface area contributed by atoms with Gasteiger partial charge in [0, 0.05) is 50.4 Å². The van der Waals surface area contributed by atoms with Gasteiger partial charge in [0.2, 0.25) is 5.95 Å². The van der Waals surface area contributed by atoms with E-state index < -0.39 is 5.60 Å². The summed E-state index contributed by atoms with van der Waals surface area (Å²) < 4.78 is 1.76. The monoisotopic (exact) mass is 475 g/mol. The summed E-state index contributed by atoms with van der Waals surface area (Å²) in [4.78, 5) is 27.8. The van der Waals surface area contributed by atoms with Gasteiger partial charge in [0.25, 0.3) is 5.91 Å². The number of likely N-dealkylation sites (tertiary alicyclic amines) is 1. The van der Waals surface area contributed by atoms with Gasteiger partial charge in [-0.1, -0.05) is 18.2 Å². The lowest BCUT2D eigenvalue weighted by Crippen LogP contribution is -2.36. The molecule has 0 aliphatic carbocycles. The topological polar surface area (TPSA) is 109 Å². The molecule has 5 rings (SSSR count). The first-order chi connectivity index (χ1) is 16.3. The fourth-order valence-corrected chi connectivity index (χ4v) is 4.86. The molecule has 0 radical (unpaired) electrons. The Morgan fingerprint density at radius 2 is 2.03 bits per heavy atom. The van der Waals surface area contributed by atoms with Crippen molar-refractivity contribution >= 4 is 23.2 Å². The van der Waals surface area contributed by atoms with E-state index >= 15 is 0 Å². The van der Waals surface area contributed by atoms with E-state index in [0.29, 0.717) is 30.2 Å². The maximum absolute atomic E-state index is 12.5. The average Bonchev–Trinajstić information content (AvgIpc) is 3.57. The molecule has 3 aromatic heterocycles. The van der Waals surface area contributed by atoms with Crippen molar-refractivity contribution in [2.45, 2.75) is 25.0 Å². The zero-order valence-corrected chi connectivity index (χ0v) is 20.0. The van der Waals surface area contributed by atoms with Crippen LogP contribution < -0.4 is 5.32 Å². The molecule has 1 aliphatic heterocycles. The molecule has 1 amide bonds. The summed E-state index contributed by atoms with van der Waals surface area (Å²) in [5.41, 5.74) is 2.32. The van der Waals surface area contributed by atoms with E-state index in [0.717, 1.165) is 22.0 Å². The Morgan fingerprint density at radius 3 is 2.76 bits per heavy atom. The third kappa shape index (κ3) is 4.06. The van der Waals surface area contributed by atoms with Crippen molar-refractivity contribution < 1.29 is 9.90 Å². The molecule has 1 aromatic carbocycles. The summed E-state index contributed by atoms with van der Waals surface area (Å²) >= 11 is 1.48. The Balaban J connectivity index is 1.38. The molecule has 2 atom stereocenters. The molecule has 0 saturated carbocycles. The van der Waals surface area contributed by atoms with Gasteiger partial charge < -0.3 is 15.3 Å². The second-order valence-electron chi connectivity index (χ2n) is 8.50. The molecule has 0 bridgehead atoms. The van der Waals surface area contributed by atoms with Crippen molar-refractivity contribution in [3.8, 4) is 22.0 Å². The molecule has 10 heteroatoms. The molecule has 1 fully saturated rings. The van der Waals surface area contributed by atoms with Crippen LogP contribution in [0.3, 0.4) is 0 Å². The van der Waals surface area contributed by atoms with Crippen LogP contribution >= 0.6 is 11.3 Å². The van der Waals surface area contributed by atoms with Crippen LogP contribution in [0.1, 0.15) is 30.6 Å². The highest BCUT2D eigenvalue weighted by atomic mass is 32.1. The zero-order valence-electron chi connectivity index (χ0n) is 19.1. The van der Waals surface area contributed by atoms with Crippen molar-refractivity contribution in [1.82, 2.24) is 29.6 Å². The first kappa shape index (κ1) is 22.2. The van der Waals surface area contributed by atoms with Crippen LogP contribution in [0.2, 0.25) is 0 Å². The number of likely N-dealkylation sites (N-methyl/N-ethyl adjacent to an activating group) is 1. The number of nitrogens with zero attached hydrogens (tertiary/aromatic N) is 6. The summed E-state index contributed by atoms with van der Waals surface area (Å²) in [6, 6.07) is 11.1. The number of amides is 1. The highest BCUT2D eigenvalue weighted by Gasteiger charge is 2.45. The minimum Gasteiger partial charge on any atom is -0.375 e. The molecular formula is C24H25N7O2S. The van der Waals surface area contributed by atoms with E-state index in [2.05, 4.69) is 20.4 Å². The molecule has 4 heterocycles. The minimum absolute atomic E-state index is 0.0470. The van der Waals surface area contributed by atoms with Gasteiger partial charge in [-0.2, -0.15) is 5.10 Å². The minimum atomic E-state index is -1.48. The predicted octanol–water partition coefficient (Wildman–Crippen LogP) is 3.22.